The van der Waals surface area contributed by atoms with Crippen LogP contribution in [0, 0.1) is 5.92 Å². The van der Waals surface area contributed by atoms with Crippen LogP contribution in [0.15, 0.2) is 0 Å². The van der Waals surface area contributed by atoms with Crippen molar-refractivity contribution in [1.82, 2.24) is 5.32 Å². The molecule has 1 amide bonds. The molecule has 2 aliphatic rings. The first-order valence-corrected chi connectivity index (χ1v) is 8.26. The van der Waals surface area contributed by atoms with Gasteiger partial charge < -0.3 is 11.1 Å². The van der Waals surface area contributed by atoms with Crippen molar-refractivity contribution in [1.29, 1.82) is 0 Å². The van der Waals surface area contributed by atoms with Gasteiger partial charge in [-0.3, -0.25) is 4.79 Å². The Labute approximate surface area is 117 Å². The molecule has 110 valence electrons. The summed E-state index contributed by atoms with van der Waals surface area (Å²) in [6.45, 7) is 0.683. The Morgan fingerprint density at radius 1 is 0.947 bits per heavy atom. The second-order valence-electron chi connectivity index (χ2n) is 6.68. The maximum atomic E-state index is 12.3. The van der Waals surface area contributed by atoms with E-state index in [1.165, 1.54) is 51.4 Å². The van der Waals surface area contributed by atoms with Crippen molar-refractivity contribution in [2.24, 2.45) is 11.7 Å². The Morgan fingerprint density at radius 3 is 2.11 bits per heavy atom. The van der Waals surface area contributed by atoms with Gasteiger partial charge in [0.25, 0.3) is 0 Å². The predicted molar refractivity (Wildman–Crippen MR) is 78.8 cm³/mol. The number of nitrogens with two attached hydrogens (primary N) is 1. The Balaban J connectivity index is 1.75. The predicted octanol–water partition coefficient (Wildman–Crippen LogP) is 3.12. The van der Waals surface area contributed by atoms with Crippen LogP contribution in [-0.4, -0.2) is 18.0 Å². The molecule has 19 heavy (non-hydrogen) atoms. The summed E-state index contributed by atoms with van der Waals surface area (Å²) in [5, 5.41) is 3.15. The van der Waals surface area contributed by atoms with Gasteiger partial charge in [-0.1, -0.05) is 51.4 Å². The van der Waals surface area contributed by atoms with E-state index in [1.807, 2.05) is 0 Å². The van der Waals surface area contributed by atoms with Crippen LogP contribution < -0.4 is 11.1 Å². The van der Waals surface area contributed by atoms with Gasteiger partial charge in [-0.05, 0) is 25.7 Å². The van der Waals surface area contributed by atoms with Gasteiger partial charge >= 0.3 is 0 Å². The second kappa shape index (κ2) is 7.28. The summed E-state index contributed by atoms with van der Waals surface area (Å²) in [6, 6.07) is 0. The number of hydrogen-bond donors (Lipinski definition) is 2. The van der Waals surface area contributed by atoms with E-state index in [0.717, 1.165) is 25.7 Å². The van der Waals surface area contributed by atoms with Crippen molar-refractivity contribution in [3.05, 3.63) is 0 Å². The number of nitrogens with one attached hydrogen (secondary N) is 1. The third-order valence-electron chi connectivity index (χ3n) is 4.94. The summed E-state index contributed by atoms with van der Waals surface area (Å²) in [6.07, 6.45) is 14.4. The lowest BCUT2D eigenvalue weighted by Crippen LogP contribution is -2.52. The Morgan fingerprint density at radius 2 is 1.47 bits per heavy atom. The molecule has 3 N–H and O–H groups in total. The fourth-order valence-corrected chi connectivity index (χ4v) is 3.56. The first kappa shape index (κ1) is 14.8. The van der Waals surface area contributed by atoms with Crippen molar-refractivity contribution >= 4 is 5.91 Å². The normalized spacial score (nSPS) is 25.3. The molecule has 2 saturated carbocycles. The van der Waals surface area contributed by atoms with Gasteiger partial charge in [-0.2, -0.15) is 0 Å². The molecule has 0 aromatic rings. The number of rotatable bonds is 3. The summed E-state index contributed by atoms with van der Waals surface area (Å²) in [5.74, 6) is 0.504. The maximum Gasteiger partial charge on any atom is 0.223 e. The molecule has 0 heterocycles. The largest absolute Gasteiger partial charge is 0.354 e. The van der Waals surface area contributed by atoms with Gasteiger partial charge in [0.05, 0.1) is 0 Å². The smallest absolute Gasteiger partial charge is 0.223 e. The molecule has 0 saturated heterocycles. The summed E-state index contributed by atoms with van der Waals surface area (Å²) in [4.78, 5) is 12.3. The Hall–Kier alpha value is -0.570. The second-order valence-corrected chi connectivity index (χ2v) is 6.68. The molecular weight excluding hydrogens is 236 g/mol. The zero-order chi connectivity index (χ0) is 13.6. The minimum absolute atomic E-state index is 0.129. The standard InChI is InChI=1S/C16H30N2O/c17-16(11-7-4-8-12-16)13-18-15(19)14-9-5-2-1-3-6-10-14/h14H,1-13,17H2,(H,18,19). The van der Waals surface area contributed by atoms with Crippen LogP contribution in [0.25, 0.3) is 0 Å². The lowest BCUT2D eigenvalue weighted by atomic mass is 9.82. The third kappa shape index (κ3) is 4.79. The van der Waals surface area contributed by atoms with E-state index in [0.29, 0.717) is 6.54 Å². The highest BCUT2D eigenvalue weighted by atomic mass is 16.1. The van der Waals surface area contributed by atoms with Crippen LogP contribution in [0.2, 0.25) is 0 Å². The van der Waals surface area contributed by atoms with Crippen LogP contribution in [-0.2, 0) is 4.79 Å². The Bertz CT molecular complexity index is 276. The van der Waals surface area contributed by atoms with E-state index in [4.69, 9.17) is 5.73 Å². The quantitative estimate of drug-likeness (QED) is 0.824. The van der Waals surface area contributed by atoms with Crippen molar-refractivity contribution in [2.45, 2.75) is 82.6 Å². The van der Waals surface area contributed by atoms with Gasteiger partial charge in [0.1, 0.15) is 0 Å². The molecule has 0 aromatic carbocycles. The van der Waals surface area contributed by atoms with Crippen LogP contribution in [0.4, 0.5) is 0 Å². The molecule has 0 unspecified atom stereocenters. The molecule has 0 atom stereocenters. The van der Waals surface area contributed by atoms with Crippen LogP contribution in [0.3, 0.4) is 0 Å². The van der Waals surface area contributed by atoms with E-state index in [2.05, 4.69) is 5.32 Å². The highest BCUT2D eigenvalue weighted by Crippen LogP contribution is 2.26. The molecule has 2 fully saturated rings. The molecule has 0 aliphatic heterocycles. The minimum atomic E-state index is -0.129. The fraction of sp³-hybridized carbons (Fsp3) is 0.938. The van der Waals surface area contributed by atoms with E-state index in [9.17, 15) is 4.79 Å². The monoisotopic (exact) mass is 266 g/mol. The summed E-state index contributed by atoms with van der Waals surface area (Å²) in [7, 11) is 0. The molecule has 3 nitrogen and oxygen atoms in total. The lowest BCUT2D eigenvalue weighted by Gasteiger charge is -2.34. The van der Waals surface area contributed by atoms with Gasteiger partial charge in [0.2, 0.25) is 5.91 Å². The van der Waals surface area contributed by atoms with Gasteiger partial charge in [0, 0.05) is 18.0 Å². The first-order chi connectivity index (χ1) is 9.20. The molecular formula is C16H30N2O. The maximum absolute atomic E-state index is 12.3. The average Bonchev–Trinajstić information content (AvgIpc) is 2.37. The summed E-state index contributed by atoms with van der Waals surface area (Å²) in [5.41, 5.74) is 6.25. The molecule has 2 aliphatic carbocycles. The lowest BCUT2D eigenvalue weighted by molar-refractivity contribution is -0.126. The SMILES string of the molecule is NC1(CNC(=O)C2CCCCCCC2)CCCCC1. The molecule has 0 spiro atoms. The van der Waals surface area contributed by atoms with Crippen LogP contribution in [0.5, 0.6) is 0 Å². The number of hydrogen-bond acceptors (Lipinski definition) is 2. The molecule has 2 rings (SSSR count). The van der Waals surface area contributed by atoms with E-state index >= 15 is 0 Å². The number of amides is 1. The van der Waals surface area contributed by atoms with Gasteiger partial charge in [-0.25, -0.2) is 0 Å². The molecule has 0 radical (unpaired) electrons. The highest BCUT2D eigenvalue weighted by Gasteiger charge is 2.29. The van der Waals surface area contributed by atoms with E-state index in [1.54, 1.807) is 0 Å². The van der Waals surface area contributed by atoms with Gasteiger partial charge in [0.15, 0.2) is 0 Å². The van der Waals surface area contributed by atoms with Crippen molar-refractivity contribution in [2.75, 3.05) is 6.54 Å². The zero-order valence-electron chi connectivity index (χ0n) is 12.3. The first-order valence-electron chi connectivity index (χ1n) is 8.26. The van der Waals surface area contributed by atoms with Crippen molar-refractivity contribution in [3.8, 4) is 0 Å². The molecule has 3 heteroatoms. The zero-order valence-corrected chi connectivity index (χ0v) is 12.3. The van der Waals surface area contributed by atoms with Crippen molar-refractivity contribution in [3.63, 3.8) is 0 Å². The number of carbonyl (C=O) groups is 1. The summed E-state index contributed by atoms with van der Waals surface area (Å²) >= 11 is 0. The number of carbonyl (C=O) groups excluding carboxylic acids is 1. The molecule has 0 aromatic heterocycles. The van der Waals surface area contributed by atoms with E-state index < -0.39 is 0 Å². The van der Waals surface area contributed by atoms with Crippen molar-refractivity contribution < 1.29 is 4.79 Å². The Kier molecular flexibility index (Phi) is 5.68. The third-order valence-corrected chi connectivity index (χ3v) is 4.94. The fourth-order valence-electron chi connectivity index (χ4n) is 3.56. The summed E-state index contributed by atoms with van der Waals surface area (Å²) < 4.78 is 0. The van der Waals surface area contributed by atoms with E-state index in [-0.39, 0.29) is 17.4 Å². The molecule has 0 bridgehead atoms. The average molecular weight is 266 g/mol. The van der Waals surface area contributed by atoms with Crippen LogP contribution in [0.1, 0.15) is 77.0 Å². The topological polar surface area (TPSA) is 55.1 Å². The highest BCUT2D eigenvalue weighted by molar-refractivity contribution is 5.78. The van der Waals surface area contributed by atoms with Gasteiger partial charge in [-0.15, -0.1) is 0 Å². The minimum Gasteiger partial charge on any atom is -0.354 e. The van der Waals surface area contributed by atoms with Crippen LogP contribution >= 0.6 is 0 Å².